The topological polar surface area (TPSA) is 3.24 Å². The van der Waals surface area contributed by atoms with Crippen LogP contribution in [0.4, 0.5) is 0 Å². The van der Waals surface area contributed by atoms with E-state index in [0.29, 0.717) is 11.0 Å². The number of rotatable bonds is 3. The minimum absolute atomic E-state index is 0.371. The Bertz CT molecular complexity index is 208. The van der Waals surface area contributed by atoms with Crippen molar-refractivity contribution in [3.63, 3.8) is 0 Å². The molecule has 1 aliphatic rings. The quantitative estimate of drug-likeness (QED) is 0.689. The molecular formula is C16H33N. The predicted molar refractivity (Wildman–Crippen MR) is 77.4 cm³/mol. The van der Waals surface area contributed by atoms with Gasteiger partial charge in [0.05, 0.1) is 0 Å². The van der Waals surface area contributed by atoms with Gasteiger partial charge in [0, 0.05) is 5.54 Å². The molecule has 102 valence electrons. The van der Waals surface area contributed by atoms with Crippen LogP contribution in [0.15, 0.2) is 0 Å². The molecule has 0 N–H and O–H groups in total. The first-order valence-electron chi connectivity index (χ1n) is 7.43. The first-order chi connectivity index (χ1) is 7.68. The fourth-order valence-corrected chi connectivity index (χ4v) is 2.81. The standard InChI is InChI=1S/C16H33N/c1-15(2,3)11-7-8-14-9-12-17(13-10-14)16(4,5)6/h14H,7-13H2,1-6H3. The summed E-state index contributed by atoms with van der Waals surface area (Å²) in [6.45, 7) is 16.7. The monoisotopic (exact) mass is 239 g/mol. The molecule has 1 fully saturated rings. The summed E-state index contributed by atoms with van der Waals surface area (Å²) < 4.78 is 0. The fourth-order valence-electron chi connectivity index (χ4n) is 2.81. The second-order valence-electron chi connectivity index (χ2n) is 8.05. The molecule has 0 bridgehead atoms. The first-order valence-corrected chi connectivity index (χ1v) is 7.43. The molecule has 1 heteroatoms. The summed E-state index contributed by atoms with van der Waals surface area (Å²) in [6, 6.07) is 0. The zero-order chi connectivity index (χ0) is 13.1. The van der Waals surface area contributed by atoms with Crippen LogP contribution in [-0.4, -0.2) is 23.5 Å². The predicted octanol–water partition coefficient (Wildman–Crippen LogP) is 4.71. The Morgan fingerprint density at radius 1 is 0.941 bits per heavy atom. The summed E-state index contributed by atoms with van der Waals surface area (Å²) in [5.41, 5.74) is 0.891. The van der Waals surface area contributed by atoms with E-state index in [1.54, 1.807) is 0 Å². The van der Waals surface area contributed by atoms with E-state index in [9.17, 15) is 0 Å². The second-order valence-corrected chi connectivity index (χ2v) is 8.05. The van der Waals surface area contributed by atoms with Gasteiger partial charge in [-0.1, -0.05) is 33.6 Å². The lowest BCUT2D eigenvalue weighted by molar-refractivity contribution is 0.0840. The Balaban J connectivity index is 2.20. The molecule has 0 aromatic rings. The minimum atomic E-state index is 0.371. The smallest absolute Gasteiger partial charge is 0.0125 e. The van der Waals surface area contributed by atoms with Crippen LogP contribution in [0.5, 0.6) is 0 Å². The lowest BCUT2D eigenvalue weighted by atomic mass is 9.84. The van der Waals surface area contributed by atoms with Crippen molar-refractivity contribution in [3.8, 4) is 0 Å². The number of hydrogen-bond acceptors (Lipinski definition) is 1. The second kappa shape index (κ2) is 5.73. The van der Waals surface area contributed by atoms with Crippen LogP contribution in [0.1, 0.15) is 73.6 Å². The van der Waals surface area contributed by atoms with Crippen molar-refractivity contribution >= 4 is 0 Å². The van der Waals surface area contributed by atoms with Crippen LogP contribution in [0, 0.1) is 11.3 Å². The van der Waals surface area contributed by atoms with Crippen molar-refractivity contribution in [1.29, 1.82) is 0 Å². The molecule has 0 aromatic carbocycles. The molecule has 0 radical (unpaired) electrons. The lowest BCUT2D eigenvalue weighted by Gasteiger charge is -2.41. The van der Waals surface area contributed by atoms with Crippen LogP contribution < -0.4 is 0 Å². The van der Waals surface area contributed by atoms with Crippen molar-refractivity contribution in [1.82, 2.24) is 4.90 Å². The summed E-state index contributed by atoms with van der Waals surface area (Å²) in [5, 5.41) is 0. The van der Waals surface area contributed by atoms with Gasteiger partial charge in [0.15, 0.2) is 0 Å². The summed E-state index contributed by atoms with van der Waals surface area (Å²) in [5.74, 6) is 0.996. The van der Waals surface area contributed by atoms with Crippen molar-refractivity contribution in [2.75, 3.05) is 13.1 Å². The highest BCUT2D eigenvalue weighted by molar-refractivity contribution is 4.81. The van der Waals surface area contributed by atoms with Gasteiger partial charge < -0.3 is 0 Å². The maximum atomic E-state index is 2.65. The summed E-state index contributed by atoms with van der Waals surface area (Å²) in [6.07, 6.45) is 7.09. The average Bonchev–Trinajstić information content (AvgIpc) is 2.15. The zero-order valence-corrected chi connectivity index (χ0v) is 13.0. The third-order valence-electron chi connectivity index (χ3n) is 4.10. The van der Waals surface area contributed by atoms with Gasteiger partial charge in [0.25, 0.3) is 0 Å². The van der Waals surface area contributed by atoms with Crippen molar-refractivity contribution in [2.24, 2.45) is 11.3 Å². The number of likely N-dealkylation sites (tertiary alicyclic amines) is 1. The van der Waals surface area contributed by atoms with Gasteiger partial charge in [0.2, 0.25) is 0 Å². The Labute approximate surface area is 109 Å². The molecule has 1 saturated heterocycles. The molecule has 1 heterocycles. The van der Waals surface area contributed by atoms with Crippen LogP contribution >= 0.6 is 0 Å². The summed E-state index contributed by atoms with van der Waals surface area (Å²) in [4.78, 5) is 2.65. The van der Waals surface area contributed by atoms with Crippen molar-refractivity contribution in [3.05, 3.63) is 0 Å². The Kier molecular flexibility index (Phi) is 5.07. The molecule has 0 amide bonds. The normalized spacial score (nSPS) is 20.8. The van der Waals surface area contributed by atoms with Gasteiger partial charge in [-0.15, -0.1) is 0 Å². The highest BCUT2D eigenvalue weighted by Gasteiger charge is 2.26. The Morgan fingerprint density at radius 2 is 1.47 bits per heavy atom. The largest absolute Gasteiger partial charge is 0.298 e. The fraction of sp³-hybridized carbons (Fsp3) is 1.00. The molecule has 1 nitrogen and oxygen atoms in total. The van der Waals surface area contributed by atoms with E-state index in [1.165, 1.54) is 45.2 Å². The van der Waals surface area contributed by atoms with Gasteiger partial charge >= 0.3 is 0 Å². The average molecular weight is 239 g/mol. The maximum Gasteiger partial charge on any atom is 0.0125 e. The molecule has 0 aliphatic carbocycles. The number of piperidine rings is 1. The molecular weight excluding hydrogens is 206 g/mol. The lowest BCUT2D eigenvalue weighted by Crippen LogP contribution is -2.46. The molecule has 0 atom stereocenters. The van der Waals surface area contributed by atoms with Crippen molar-refractivity contribution in [2.45, 2.75) is 79.2 Å². The van der Waals surface area contributed by atoms with Gasteiger partial charge in [-0.05, 0) is 64.5 Å². The van der Waals surface area contributed by atoms with Crippen molar-refractivity contribution < 1.29 is 0 Å². The minimum Gasteiger partial charge on any atom is -0.298 e. The van der Waals surface area contributed by atoms with Gasteiger partial charge in [-0.25, -0.2) is 0 Å². The van der Waals surface area contributed by atoms with Gasteiger partial charge in [-0.2, -0.15) is 0 Å². The van der Waals surface area contributed by atoms with Crippen LogP contribution in [-0.2, 0) is 0 Å². The van der Waals surface area contributed by atoms with Gasteiger partial charge in [0.1, 0.15) is 0 Å². The van der Waals surface area contributed by atoms with E-state index in [1.807, 2.05) is 0 Å². The number of hydrogen-bond donors (Lipinski definition) is 0. The zero-order valence-electron chi connectivity index (χ0n) is 13.0. The number of nitrogens with zero attached hydrogens (tertiary/aromatic N) is 1. The van der Waals surface area contributed by atoms with E-state index >= 15 is 0 Å². The molecule has 1 rings (SSSR count). The van der Waals surface area contributed by atoms with E-state index in [2.05, 4.69) is 46.4 Å². The summed E-state index contributed by atoms with van der Waals surface area (Å²) >= 11 is 0. The molecule has 0 spiro atoms. The van der Waals surface area contributed by atoms with Crippen LogP contribution in [0.3, 0.4) is 0 Å². The molecule has 0 unspecified atom stereocenters. The maximum absolute atomic E-state index is 2.65. The molecule has 17 heavy (non-hydrogen) atoms. The Morgan fingerprint density at radius 3 is 1.88 bits per heavy atom. The third-order valence-corrected chi connectivity index (χ3v) is 4.10. The Hall–Kier alpha value is -0.0400. The van der Waals surface area contributed by atoms with Gasteiger partial charge in [-0.3, -0.25) is 4.90 Å². The van der Waals surface area contributed by atoms with E-state index in [-0.39, 0.29) is 0 Å². The molecule has 1 aliphatic heterocycles. The highest BCUT2D eigenvalue weighted by atomic mass is 15.2. The molecule has 0 saturated carbocycles. The third kappa shape index (κ3) is 5.90. The summed E-state index contributed by atoms with van der Waals surface area (Å²) in [7, 11) is 0. The van der Waals surface area contributed by atoms with Crippen LogP contribution in [0.25, 0.3) is 0 Å². The molecule has 0 aromatic heterocycles. The van der Waals surface area contributed by atoms with E-state index < -0.39 is 0 Å². The van der Waals surface area contributed by atoms with E-state index in [0.717, 1.165) is 5.92 Å². The first kappa shape index (κ1) is 15.0. The SMILES string of the molecule is CC(C)(C)CCCC1CCN(C(C)(C)C)CC1. The van der Waals surface area contributed by atoms with E-state index in [4.69, 9.17) is 0 Å². The van der Waals surface area contributed by atoms with Crippen LogP contribution in [0.2, 0.25) is 0 Å². The highest BCUT2D eigenvalue weighted by Crippen LogP contribution is 2.29.